The molecule has 1 atom stereocenters. The lowest BCUT2D eigenvalue weighted by Gasteiger charge is -2.11. The molecule has 2 aromatic rings. The Labute approximate surface area is 113 Å². The van der Waals surface area contributed by atoms with E-state index >= 15 is 0 Å². The summed E-state index contributed by atoms with van der Waals surface area (Å²) in [6.45, 7) is 5.15. The molecule has 1 aromatic carbocycles. The van der Waals surface area contributed by atoms with Gasteiger partial charge in [0.15, 0.2) is 0 Å². The van der Waals surface area contributed by atoms with Gasteiger partial charge in [0.1, 0.15) is 5.82 Å². The first-order valence-electron chi connectivity index (χ1n) is 6.79. The first-order chi connectivity index (χ1) is 9.20. The van der Waals surface area contributed by atoms with E-state index in [1.54, 1.807) is 0 Å². The molecule has 0 radical (unpaired) electrons. The molecule has 0 bridgehead atoms. The first kappa shape index (κ1) is 13.7. The third-order valence-corrected chi connectivity index (χ3v) is 3.22. The number of hydrogen-bond acceptors (Lipinski definition) is 4. The Bertz CT molecular complexity index is 542. The summed E-state index contributed by atoms with van der Waals surface area (Å²) >= 11 is 0. The third kappa shape index (κ3) is 3.64. The van der Waals surface area contributed by atoms with Crippen LogP contribution in [-0.4, -0.2) is 28.2 Å². The molecule has 1 unspecified atom stereocenters. The monoisotopic (exact) mass is 259 g/mol. The van der Waals surface area contributed by atoms with Crippen LogP contribution in [0.4, 0.5) is 5.82 Å². The Kier molecular flexibility index (Phi) is 4.68. The van der Waals surface area contributed by atoms with Crippen LogP contribution in [0.25, 0.3) is 11.0 Å². The second kappa shape index (κ2) is 6.48. The minimum absolute atomic E-state index is 0.259. The van der Waals surface area contributed by atoms with Crippen LogP contribution in [0.5, 0.6) is 0 Å². The van der Waals surface area contributed by atoms with Crippen LogP contribution in [-0.2, 0) is 0 Å². The van der Waals surface area contributed by atoms with Crippen molar-refractivity contribution in [3.05, 3.63) is 30.0 Å². The molecule has 2 rings (SSSR count). The number of anilines is 1. The Balaban J connectivity index is 1.98. The van der Waals surface area contributed by atoms with E-state index < -0.39 is 0 Å². The normalized spacial score (nSPS) is 12.6. The van der Waals surface area contributed by atoms with Gasteiger partial charge in [-0.25, -0.2) is 9.97 Å². The molecule has 0 aliphatic carbocycles. The number of fused-ring (bicyclic) bond motifs is 1. The zero-order chi connectivity index (χ0) is 13.7. The average molecular weight is 259 g/mol. The molecule has 19 heavy (non-hydrogen) atoms. The number of para-hydroxylation sites is 2. The molecular formula is C15H21N3O. The number of aliphatic hydroxyl groups excluding tert-OH is 1. The summed E-state index contributed by atoms with van der Waals surface area (Å²) in [5.41, 5.74) is 2.77. The third-order valence-electron chi connectivity index (χ3n) is 3.22. The molecule has 0 saturated carbocycles. The van der Waals surface area contributed by atoms with Crippen molar-refractivity contribution in [2.24, 2.45) is 5.92 Å². The summed E-state index contributed by atoms with van der Waals surface area (Å²) in [6.07, 6.45) is 2.04. The molecule has 0 fully saturated rings. The SMILES string of the molecule is Cc1nc2ccccc2nc1NCCCC(C)CO. The molecule has 4 nitrogen and oxygen atoms in total. The maximum absolute atomic E-state index is 8.97. The smallest absolute Gasteiger partial charge is 0.148 e. The van der Waals surface area contributed by atoms with E-state index in [9.17, 15) is 0 Å². The van der Waals surface area contributed by atoms with Crippen molar-refractivity contribution in [1.82, 2.24) is 9.97 Å². The van der Waals surface area contributed by atoms with Crippen LogP contribution in [0.2, 0.25) is 0 Å². The molecule has 1 aromatic heterocycles. The van der Waals surface area contributed by atoms with Gasteiger partial charge < -0.3 is 10.4 Å². The number of hydrogen-bond donors (Lipinski definition) is 2. The number of nitrogens with one attached hydrogen (secondary N) is 1. The lowest BCUT2D eigenvalue weighted by Crippen LogP contribution is -2.09. The maximum Gasteiger partial charge on any atom is 0.148 e. The fourth-order valence-corrected chi connectivity index (χ4v) is 2.00. The van der Waals surface area contributed by atoms with Crippen LogP contribution in [0, 0.1) is 12.8 Å². The minimum atomic E-state index is 0.259. The molecule has 0 aliphatic rings. The molecule has 2 N–H and O–H groups in total. The Morgan fingerprint density at radius 3 is 2.58 bits per heavy atom. The Morgan fingerprint density at radius 2 is 1.89 bits per heavy atom. The van der Waals surface area contributed by atoms with Crippen molar-refractivity contribution in [1.29, 1.82) is 0 Å². The highest BCUT2D eigenvalue weighted by Crippen LogP contribution is 2.16. The molecule has 4 heteroatoms. The molecule has 0 saturated heterocycles. The predicted octanol–water partition coefficient (Wildman–Crippen LogP) is 2.76. The predicted molar refractivity (Wildman–Crippen MR) is 78.2 cm³/mol. The van der Waals surface area contributed by atoms with E-state index in [2.05, 4.69) is 22.2 Å². The number of aromatic nitrogens is 2. The molecular weight excluding hydrogens is 238 g/mol. The Hall–Kier alpha value is -1.68. The van der Waals surface area contributed by atoms with Gasteiger partial charge in [0.2, 0.25) is 0 Å². The highest BCUT2D eigenvalue weighted by molar-refractivity contribution is 5.76. The lowest BCUT2D eigenvalue weighted by atomic mass is 10.1. The molecule has 102 valence electrons. The van der Waals surface area contributed by atoms with Gasteiger partial charge >= 0.3 is 0 Å². The standard InChI is InChI=1S/C15H21N3O/c1-11(10-19)6-5-9-16-15-12(2)17-13-7-3-4-8-14(13)18-15/h3-4,7-8,11,19H,5-6,9-10H2,1-2H3,(H,16,18). The Morgan fingerprint density at radius 1 is 1.21 bits per heavy atom. The van der Waals surface area contributed by atoms with E-state index in [0.29, 0.717) is 5.92 Å². The molecule has 1 heterocycles. The second-order valence-corrected chi connectivity index (χ2v) is 5.00. The van der Waals surface area contributed by atoms with Crippen molar-refractivity contribution >= 4 is 16.9 Å². The van der Waals surface area contributed by atoms with E-state index in [1.807, 2.05) is 31.2 Å². The quantitative estimate of drug-likeness (QED) is 0.783. The summed E-state index contributed by atoms with van der Waals surface area (Å²) in [6, 6.07) is 7.89. The first-order valence-corrected chi connectivity index (χ1v) is 6.79. The van der Waals surface area contributed by atoms with Crippen LogP contribution in [0.3, 0.4) is 0 Å². The van der Waals surface area contributed by atoms with E-state index in [0.717, 1.165) is 41.9 Å². The summed E-state index contributed by atoms with van der Waals surface area (Å²) < 4.78 is 0. The topological polar surface area (TPSA) is 58.0 Å². The molecule has 0 amide bonds. The van der Waals surface area contributed by atoms with Crippen molar-refractivity contribution in [2.45, 2.75) is 26.7 Å². The van der Waals surface area contributed by atoms with Gasteiger partial charge in [-0.1, -0.05) is 19.1 Å². The van der Waals surface area contributed by atoms with E-state index in [-0.39, 0.29) is 6.61 Å². The summed E-state index contributed by atoms with van der Waals surface area (Å²) in [4.78, 5) is 9.13. The van der Waals surface area contributed by atoms with Crippen LogP contribution in [0.15, 0.2) is 24.3 Å². The molecule has 0 spiro atoms. The zero-order valence-electron chi connectivity index (χ0n) is 11.6. The van der Waals surface area contributed by atoms with E-state index in [4.69, 9.17) is 5.11 Å². The van der Waals surface area contributed by atoms with Gasteiger partial charge in [-0.2, -0.15) is 0 Å². The number of rotatable bonds is 6. The van der Waals surface area contributed by atoms with Gasteiger partial charge in [-0.3, -0.25) is 0 Å². The van der Waals surface area contributed by atoms with Crippen LogP contribution < -0.4 is 5.32 Å². The van der Waals surface area contributed by atoms with Gasteiger partial charge in [0.25, 0.3) is 0 Å². The van der Waals surface area contributed by atoms with Crippen molar-refractivity contribution in [3.63, 3.8) is 0 Å². The number of aryl methyl sites for hydroxylation is 1. The molecule has 0 aliphatic heterocycles. The highest BCUT2D eigenvalue weighted by atomic mass is 16.3. The number of benzene rings is 1. The maximum atomic E-state index is 8.97. The highest BCUT2D eigenvalue weighted by Gasteiger charge is 2.04. The fourth-order valence-electron chi connectivity index (χ4n) is 2.00. The number of aliphatic hydroxyl groups is 1. The summed E-state index contributed by atoms with van der Waals surface area (Å²) in [5.74, 6) is 1.22. The van der Waals surface area contributed by atoms with Crippen LogP contribution in [0.1, 0.15) is 25.5 Å². The van der Waals surface area contributed by atoms with Crippen molar-refractivity contribution in [3.8, 4) is 0 Å². The fraction of sp³-hybridized carbons (Fsp3) is 0.467. The van der Waals surface area contributed by atoms with Gasteiger partial charge in [-0.05, 0) is 37.8 Å². The van der Waals surface area contributed by atoms with Gasteiger partial charge in [0, 0.05) is 13.2 Å². The minimum Gasteiger partial charge on any atom is -0.396 e. The number of nitrogens with zero attached hydrogens (tertiary/aromatic N) is 2. The zero-order valence-corrected chi connectivity index (χ0v) is 11.6. The average Bonchev–Trinajstić information content (AvgIpc) is 2.43. The summed E-state index contributed by atoms with van der Waals surface area (Å²) in [5, 5.41) is 12.3. The van der Waals surface area contributed by atoms with Crippen LogP contribution >= 0.6 is 0 Å². The van der Waals surface area contributed by atoms with Gasteiger partial charge in [0.05, 0.1) is 16.7 Å². The lowest BCUT2D eigenvalue weighted by molar-refractivity contribution is 0.229. The second-order valence-electron chi connectivity index (χ2n) is 5.00. The van der Waals surface area contributed by atoms with Crippen molar-refractivity contribution in [2.75, 3.05) is 18.5 Å². The van der Waals surface area contributed by atoms with E-state index in [1.165, 1.54) is 0 Å². The largest absolute Gasteiger partial charge is 0.396 e. The van der Waals surface area contributed by atoms with Crippen molar-refractivity contribution < 1.29 is 5.11 Å². The van der Waals surface area contributed by atoms with Gasteiger partial charge in [-0.15, -0.1) is 0 Å². The summed E-state index contributed by atoms with van der Waals surface area (Å²) in [7, 11) is 0.